The van der Waals surface area contributed by atoms with Crippen LogP contribution in [-0.4, -0.2) is 25.2 Å². The van der Waals surface area contributed by atoms with E-state index in [2.05, 4.69) is 38.3 Å². The van der Waals surface area contributed by atoms with Gasteiger partial charge in [-0.15, -0.1) is 0 Å². The summed E-state index contributed by atoms with van der Waals surface area (Å²) in [5, 5.41) is 4.58. The first-order valence-corrected chi connectivity index (χ1v) is 7.81. The van der Waals surface area contributed by atoms with E-state index >= 15 is 0 Å². The van der Waals surface area contributed by atoms with Crippen molar-refractivity contribution in [3.63, 3.8) is 0 Å². The molecule has 0 amide bonds. The van der Waals surface area contributed by atoms with Crippen LogP contribution in [0.4, 0.5) is 5.69 Å². The highest BCUT2D eigenvalue weighted by Gasteiger charge is 2.37. The van der Waals surface area contributed by atoms with E-state index in [1.807, 2.05) is 6.07 Å². The van der Waals surface area contributed by atoms with Gasteiger partial charge in [0.2, 0.25) is 0 Å². The van der Waals surface area contributed by atoms with Crippen molar-refractivity contribution in [3.05, 3.63) is 27.7 Å². The number of nitrogens with zero attached hydrogens (tertiary/aromatic N) is 1. The Balaban J connectivity index is 1.83. The Morgan fingerprint density at radius 2 is 2.06 bits per heavy atom. The summed E-state index contributed by atoms with van der Waals surface area (Å²) >= 11 is 9.83. The minimum Gasteiger partial charge on any atom is -0.367 e. The average molecular weight is 330 g/mol. The van der Waals surface area contributed by atoms with Crippen molar-refractivity contribution in [3.8, 4) is 0 Å². The van der Waals surface area contributed by atoms with E-state index in [0.717, 1.165) is 29.1 Å². The normalized spacial score (nSPS) is 22.7. The van der Waals surface area contributed by atoms with Crippen LogP contribution in [0.25, 0.3) is 0 Å². The highest BCUT2D eigenvalue weighted by Crippen LogP contribution is 2.36. The van der Waals surface area contributed by atoms with Gasteiger partial charge in [-0.1, -0.05) is 40.4 Å². The SMILES string of the molecule is Clc1cc(Br)ccc1N1CCNC2(CCCC2)C1. The topological polar surface area (TPSA) is 15.3 Å². The number of anilines is 1. The number of hydrogen-bond donors (Lipinski definition) is 1. The van der Waals surface area contributed by atoms with Crippen molar-refractivity contribution in [2.75, 3.05) is 24.5 Å². The molecule has 2 nitrogen and oxygen atoms in total. The molecule has 1 spiro atoms. The largest absolute Gasteiger partial charge is 0.367 e. The Morgan fingerprint density at radius 1 is 1.28 bits per heavy atom. The molecule has 1 heterocycles. The number of halogens is 2. The highest BCUT2D eigenvalue weighted by molar-refractivity contribution is 9.10. The van der Waals surface area contributed by atoms with Crippen LogP contribution in [0.5, 0.6) is 0 Å². The van der Waals surface area contributed by atoms with E-state index in [0.29, 0.717) is 5.54 Å². The zero-order valence-corrected chi connectivity index (χ0v) is 12.7. The van der Waals surface area contributed by atoms with Crippen LogP contribution in [0.15, 0.2) is 22.7 Å². The second-order valence-electron chi connectivity index (χ2n) is 5.43. The van der Waals surface area contributed by atoms with Gasteiger partial charge in [-0.05, 0) is 31.0 Å². The standard InChI is InChI=1S/C14H18BrClN2/c15-11-3-4-13(12(16)9-11)18-8-7-17-14(10-18)5-1-2-6-14/h3-4,9,17H,1-2,5-8,10H2. The molecule has 3 rings (SSSR count). The lowest BCUT2D eigenvalue weighted by atomic mass is 9.94. The minimum atomic E-state index is 0.342. The molecule has 98 valence electrons. The molecule has 2 aliphatic rings. The second-order valence-corrected chi connectivity index (χ2v) is 6.75. The minimum absolute atomic E-state index is 0.342. The van der Waals surface area contributed by atoms with Crippen molar-refractivity contribution < 1.29 is 0 Å². The molecule has 1 aliphatic heterocycles. The molecule has 2 fully saturated rings. The summed E-state index contributed by atoms with van der Waals surface area (Å²) in [7, 11) is 0. The maximum absolute atomic E-state index is 6.37. The summed E-state index contributed by atoms with van der Waals surface area (Å²) in [6.07, 6.45) is 5.32. The van der Waals surface area contributed by atoms with Crippen molar-refractivity contribution >= 4 is 33.2 Å². The Labute approximate surface area is 122 Å². The lowest BCUT2D eigenvalue weighted by Crippen LogP contribution is -2.59. The monoisotopic (exact) mass is 328 g/mol. The van der Waals surface area contributed by atoms with E-state index in [1.165, 1.54) is 31.4 Å². The molecular weight excluding hydrogens is 312 g/mol. The summed E-state index contributed by atoms with van der Waals surface area (Å²) in [4.78, 5) is 2.44. The lowest BCUT2D eigenvalue weighted by molar-refractivity contribution is 0.304. The summed E-state index contributed by atoms with van der Waals surface area (Å²) < 4.78 is 1.04. The van der Waals surface area contributed by atoms with Crippen LogP contribution in [0, 0.1) is 0 Å². The summed E-state index contributed by atoms with van der Waals surface area (Å²) in [6.45, 7) is 3.20. The highest BCUT2D eigenvalue weighted by atomic mass is 79.9. The van der Waals surface area contributed by atoms with Gasteiger partial charge in [0.05, 0.1) is 10.7 Å². The van der Waals surface area contributed by atoms with Gasteiger partial charge < -0.3 is 10.2 Å². The Kier molecular flexibility index (Phi) is 3.57. The first kappa shape index (κ1) is 12.8. The number of piperazine rings is 1. The van der Waals surface area contributed by atoms with Crippen LogP contribution in [-0.2, 0) is 0 Å². The van der Waals surface area contributed by atoms with Crippen molar-refractivity contribution in [1.82, 2.24) is 5.32 Å². The predicted molar refractivity (Wildman–Crippen MR) is 80.6 cm³/mol. The van der Waals surface area contributed by atoms with Crippen LogP contribution in [0.2, 0.25) is 5.02 Å². The van der Waals surface area contributed by atoms with E-state index in [9.17, 15) is 0 Å². The molecule has 1 saturated carbocycles. The zero-order valence-electron chi connectivity index (χ0n) is 10.4. The molecular formula is C14H18BrClN2. The van der Waals surface area contributed by atoms with E-state index < -0.39 is 0 Å². The lowest BCUT2D eigenvalue weighted by Gasteiger charge is -2.43. The third-order valence-corrected chi connectivity index (χ3v) is 4.98. The van der Waals surface area contributed by atoms with Crippen molar-refractivity contribution in [2.24, 2.45) is 0 Å². The van der Waals surface area contributed by atoms with Crippen LogP contribution >= 0.6 is 27.5 Å². The van der Waals surface area contributed by atoms with Gasteiger partial charge in [0.25, 0.3) is 0 Å². The first-order chi connectivity index (χ1) is 8.69. The fourth-order valence-corrected chi connectivity index (χ4v) is 4.08. The Morgan fingerprint density at radius 3 is 2.78 bits per heavy atom. The Hall–Kier alpha value is -0.250. The van der Waals surface area contributed by atoms with E-state index in [1.54, 1.807) is 0 Å². The molecule has 0 unspecified atom stereocenters. The van der Waals surface area contributed by atoms with Crippen LogP contribution < -0.4 is 10.2 Å². The van der Waals surface area contributed by atoms with Crippen LogP contribution in [0.3, 0.4) is 0 Å². The third kappa shape index (κ3) is 2.40. The molecule has 0 aromatic heterocycles. The summed E-state index contributed by atoms with van der Waals surface area (Å²) in [5.74, 6) is 0. The van der Waals surface area contributed by atoms with E-state index in [4.69, 9.17) is 11.6 Å². The van der Waals surface area contributed by atoms with Gasteiger partial charge in [-0.2, -0.15) is 0 Å². The molecule has 4 heteroatoms. The van der Waals surface area contributed by atoms with E-state index in [-0.39, 0.29) is 0 Å². The molecule has 0 radical (unpaired) electrons. The predicted octanol–water partition coefficient (Wildman–Crippen LogP) is 3.82. The number of rotatable bonds is 1. The van der Waals surface area contributed by atoms with Gasteiger partial charge in [0, 0.05) is 29.6 Å². The zero-order chi connectivity index (χ0) is 12.6. The fourth-order valence-electron chi connectivity index (χ4n) is 3.29. The fraction of sp³-hybridized carbons (Fsp3) is 0.571. The molecule has 0 bridgehead atoms. The molecule has 0 atom stereocenters. The quantitative estimate of drug-likeness (QED) is 0.842. The molecule has 1 saturated heterocycles. The Bertz CT molecular complexity index is 443. The molecule has 1 N–H and O–H groups in total. The van der Waals surface area contributed by atoms with Gasteiger partial charge >= 0.3 is 0 Å². The van der Waals surface area contributed by atoms with Crippen molar-refractivity contribution in [1.29, 1.82) is 0 Å². The van der Waals surface area contributed by atoms with Crippen molar-refractivity contribution in [2.45, 2.75) is 31.2 Å². The first-order valence-electron chi connectivity index (χ1n) is 6.64. The molecule has 18 heavy (non-hydrogen) atoms. The van der Waals surface area contributed by atoms with Gasteiger partial charge in [-0.25, -0.2) is 0 Å². The summed E-state index contributed by atoms with van der Waals surface area (Å²) in [6, 6.07) is 6.19. The van der Waals surface area contributed by atoms with Gasteiger partial charge in [0.15, 0.2) is 0 Å². The molecule has 1 aromatic rings. The van der Waals surface area contributed by atoms with Gasteiger partial charge in [-0.3, -0.25) is 0 Å². The third-order valence-electron chi connectivity index (χ3n) is 4.19. The molecule has 1 aromatic carbocycles. The van der Waals surface area contributed by atoms with Gasteiger partial charge in [0.1, 0.15) is 0 Å². The molecule has 1 aliphatic carbocycles. The van der Waals surface area contributed by atoms with Crippen LogP contribution in [0.1, 0.15) is 25.7 Å². The average Bonchev–Trinajstić information content (AvgIpc) is 2.77. The maximum atomic E-state index is 6.37. The second kappa shape index (κ2) is 5.03. The number of nitrogens with one attached hydrogen (secondary N) is 1. The number of benzene rings is 1. The number of hydrogen-bond acceptors (Lipinski definition) is 2. The summed E-state index contributed by atoms with van der Waals surface area (Å²) in [5.41, 5.74) is 1.52. The smallest absolute Gasteiger partial charge is 0.0650 e. The maximum Gasteiger partial charge on any atom is 0.0650 e.